The van der Waals surface area contributed by atoms with E-state index in [4.69, 9.17) is 14.6 Å². The van der Waals surface area contributed by atoms with Crippen LogP contribution in [-0.4, -0.2) is 61.2 Å². The van der Waals surface area contributed by atoms with Crippen molar-refractivity contribution in [1.82, 2.24) is 4.31 Å². The van der Waals surface area contributed by atoms with Gasteiger partial charge in [0.25, 0.3) is 0 Å². The van der Waals surface area contributed by atoms with Gasteiger partial charge in [0.2, 0.25) is 10.0 Å². The molecule has 2 heterocycles. The van der Waals surface area contributed by atoms with E-state index >= 15 is 0 Å². The van der Waals surface area contributed by atoms with Gasteiger partial charge in [0.1, 0.15) is 5.75 Å². The second-order valence-corrected chi connectivity index (χ2v) is 12.6. The van der Waals surface area contributed by atoms with Crippen molar-refractivity contribution in [3.63, 3.8) is 0 Å². The zero-order valence-electron chi connectivity index (χ0n) is 20.2. The SMILES string of the molecule is O=C(O)COc1c(C(=O)O)sc(-c2cccc(OCC3CCN(S(=O)(=O)Cc4ccccc4)CC3)c2)c1Br. The Labute approximate surface area is 232 Å². The molecule has 3 aromatic rings. The van der Waals surface area contributed by atoms with Crippen molar-refractivity contribution in [2.75, 3.05) is 26.3 Å². The average Bonchev–Trinajstić information content (AvgIpc) is 3.23. The number of aromatic carboxylic acids is 1. The van der Waals surface area contributed by atoms with Crippen LogP contribution in [0.2, 0.25) is 0 Å². The summed E-state index contributed by atoms with van der Waals surface area (Å²) in [7, 11) is -3.38. The lowest BCUT2D eigenvalue weighted by molar-refractivity contribution is -0.139. The van der Waals surface area contributed by atoms with Crippen LogP contribution >= 0.6 is 27.3 Å². The smallest absolute Gasteiger partial charge is 0.349 e. The van der Waals surface area contributed by atoms with Crippen LogP contribution in [0.1, 0.15) is 28.1 Å². The van der Waals surface area contributed by atoms with Gasteiger partial charge in [-0.05, 0) is 57.9 Å². The van der Waals surface area contributed by atoms with Gasteiger partial charge < -0.3 is 19.7 Å². The molecular formula is C26H26BrNO8S2. The van der Waals surface area contributed by atoms with Gasteiger partial charge in [0.05, 0.1) is 21.7 Å². The molecule has 0 saturated carbocycles. The Bertz CT molecular complexity index is 1400. The first-order chi connectivity index (χ1) is 18.1. The Kier molecular flexibility index (Phi) is 9.08. The lowest BCUT2D eigenvalue weighted by Gasteiger charge is -2.31. The van der Waals surface area contributed by atoms with Crippen LogP contribution in [0.25, 0.3) is 10.4 Å². The normalized spacial score (nSPS) is 14.8. The highest BCUT2D eigenvalue weighted by atomic mass is 79.9. The molecule has 0 spiro atoms. The number of aliphatic carboxylic acids is 1. The minimum absolute atomic E-state index is 0.00721. The molecule has 1 fully saturated rings. The molecule has 12 heteroatoms. The van der Waals surface area contributed by atoms with Crippen LogP contribution < -0.4 is 9.47 Å². The molecule has 0 unspecified atom stereocenters. The van der Waals surface area contributed by atoms with Crippen LogP contribution in [-0.2, 0) is 20.6 Å². The standard InChI is InChI=1S/C26H26BrNO8S2/c27-22-23(36-15-21(29)30)25(26(31)32)37-24(22)19-7-4-8-20(13-19)35-14-17-9-11-28(12-10-17)38(33,34)16-18-5-2-1-3-6-18/h1-8,13,17H,9-12,14-16H2,(H,29,30)(H,31,32). The number of rotatable bonds is 11. The minimum atomic E-state index is -3.38. The second-order valence-electron chi connectivity index (χ2n) is 8.81. The number of carboxylic acids is 2. The van der Waals surface area contributed by atoms with Gasteiger partial charge in [-0.25, -0.2) is 22.3 Å². The molecule has 1 aromatic heterocycles. The Balaban J connectivity index is 1.37. The Morgan fingerprint density at radius 2 is 1.74 bits per heavy atom. The second kappa shape index (κ2) is 12.3. The predicted octanol–water partition coefficient (Wildman–Crippen LogP) is 4.96. The van der Waals surface area contributed by atoms with Gasteiger partial charge >= 0.3 is 11.9 Å². The first kappa shape index (κ1) is 28.1. The van der Waals surface area contributed by atoms with Crippen LogP contribution in [0.4, 0.5) is 0 Å². The fourth-order valence-corrected chi connectivity index (χ4v) is 7.61. The number of carbonyl (C=O) groups is 2. The number of ether oxygens (including phenoxy) is 2. The molecular weight excluding hydrogens is 598 g/mol. The number of thiophene rings is 1. The van der Waals surface area contributed by atoms with Crippen LogP contribution in [0.3, 0.4) is 0 Å². The Hall–Kier alpha value is -2.93. The molecule has 4 rings (SSSR count). The number of nitrogens with zero attached hydrogens (tertiary/aromatic N) is 1. The summed E-state index contributed by atoms with van der Waals surface area (Å²) >= 11 is 4.33. The van der Waals surface area contributed by atoms with Gasteiger partial charge in [-0.15, -0.1) is 11.3 Å². The van der Waals surface area contributed by atoms with Crippen molar-refractivity contribution < 1.29 is 37.7 Å². The molecule has 1 aliphatic heterocycles. The van der Waals surface area contributed by atoms with Crippen LogP contribution in [0.5, 0.6) is 11.5 Å². The number of sulfonamides is 1. The Morgan fingerprint density at radius 1 is 1.03 bits per heavy atom. The lowest BCUT2D eigenvalue weighted by atomic mass is 9.99. The molecule has 0 amide bonds. The van der Waals surface area contributed by atoms with E-state index in [1.807, 2.05) is 30.3 Å². The van der Waals surface area contributed by atoms with E-state index in [1.165, 1.54) is 0 Å². The topological polar surface area (TPSA) is 130 Å². The van der Waals surface area contributed by atoms with Gasteiger partial charge in [-0.1, -0.05) is 42.5 Å². The van der Waals surface area contributed by atoms with Crippen molar-refractivity contribution in [2.24, 2.45) is 5.92 Å². The molecule has 0 aliphatic carbocycles. The van der Waals surface area contributed by atoms with Gasteiger partial charge in [-0.2, -0.15) is 0 Å². The maximum Gasteiger partial charge on any atom is 0.349 e. The van der Waals surface area contributed by atoms with Crippen molar-refractivity contribution >= 4 is 49.2 Å². The molecule has 0 bridgehead atoms. The predicted molar refractivity (Wildman–Crippen MR) is 146 cm³/mol. The number of piperidine rings is 1. The van der Waals surface area contributed by atoms with E-state index in [0.29, 0.717) is 53.2 Å². The first-order valence-electron chi connectivity index (χ1n) is 11.8. The maximum atomic E-state index is 12.8. The molecule has 2 aromatic carbocycles. The van der Waals surface area contributed by atoms with Gasteiger partial charge in [0, 0.05) is 13.1 Å². The minimum Gasteiger partial charge on any atom is -0.493 e. The van der Waals surface area contributed by atoms with Crippen molar-refractivity contribution in [3.05, 3.63) is 69.5 Å². The zero-order chi connectivity index (χ0) is 27.3. The number of benzene rings is 2. The van der Waals surface area contributed by atoms with E-state index < -0.39 is 28.6 Å². The largest absolute Gasteiger partial charge is 0.493 e. The number of hydrogen-bond acceptors (Lipinski definition) is 7. The monoisotopic (exact) mass is 623 g/mol. The highest BCUT2D eigenvalue weighted by Crippen LogP contribution is 2.46. The average molecular weight is 625 g/mol. The first-order valence-corrected chi connectivity index (χ1v) is 15.0. The van der Waals surface area contributed by atoms with Crippen molar-refractivity contribution in [3.8, 4) is 21.9 Å². The molecule has 0 radical (unpaired) electrons. The summed E-state index contributed by atoms with van der Waals surface area (Å²) in [5, 5.41) is 18.4. The number of halogens is 1. The van der Waals surface area contributed by atoms with Crippen molar-refractivity contribution in [1.29, 1.82) is 0 Å². The highest BCUT2D eigenvalue weighted by molar-refractivity contribution is 9.10. The summed E-state index contributed by atoms with van der Waals surface area (Å²) in [6.45, 7) is 0.657. The Morgan fingerprint density at radius 3 is 2.39 bits per heavy atom. The summed E-state index contributed by atoms with van der Waals surface area (Å²) < 4.78 is 38.8. The third-order valence-electron chi connectivity index (χ3n) is 6.08. The van der Waals surface area contributed by atoms with Crippen molar-refractivity contribution in [2.45, 2.75) is 18.6 Å². The van der Waals surface area contributed by atoms with E-state index in [9.17, 15) is 23.1 Å². The summed E-state index contributed by atoms with van der Waals surface area (Å²) in [5.41, 5.74) is 1.46. The summed E-state index contributed by atoms with van der Waals surface area (Å²) in [5.74, 6) is -1.67. The molecule has 2 N–H and O–H groups in total. The van der Waals surface area contributed by atoms with E-state index in [1.54, 1.807) is 28.6 Å². The van der Waals surface area contributed by atoms with Crippen LogP contribution in [0.15, 0.2) is 59.1 Å². The highest BCUT2D eigenvalue weighted by Gasteiger charge is 2.29. The molecule has 1 saturated heterocycles. The number of carboxylic acid groups (broad SMARTS) is 2. The third-order valence-corrected chi connectivity index (χ3v) is 10.2. The van der Waals surface area contributed by atoms with E-state index in [0.717, 1.165) is 16.9 Å². The van der Waals surface area contributed by atoms with Gasteiger partial charge in [-0.3, -0.25) is 0 Å². The van der Waals surface area contributed by atoms with Crippen LogP contribution in [0, 0.1) is 5.92 Å². The molecule has 202 valence electrons. The zero-order valence-corrected chi connectivity index (χ0v) is 23.4. The molecule has 0 atom stereocenters. The van der Waals surface area contributed by atoms with E-state index in [-0.39, 0.29) is 22.3 Å². The quantitative estimate of drug-likeness (QED) is 0.306. The fourth-order valence-electron chi connectivity index (χ4n) is 4.16. The maximum absolute atomic E-state index is 12.8. The summed E-state index contributed by atoms with van der Waals surface area (Å²) in [4.78, 5) is 23.0. The number of hydrogen-bond donors (Lipinski definition) is 2. The third kappa shape index (κ3) is 6.93. The molecule has 1 aliphatic rings. The van der Waals surface area contributed by atoms with E-state index in [2.05, 4.69) is 15.9 Å². The summed E-state index contributed by atoms with van der Waals surface area (Å²) in [6, 6.07) is 16.3. The molecule has 9 nitrogen and oxygen atoms in total. The van der Waals surface area contributed by atoms with Gasteiger partial charge in [0.15, 0.2) is 17.2 Å². The lowest BCUT2D eigenvalue weighted by Crippen LogP contribution is -2.40. The molecule has 38 heavy (non-hydrogen) atoms. The summed E-state index contributed by atoms with van der Waals surface area (Å²) in [6.07, 6.45) is 1.38. The fraction of sp³-hybridized carbons (Fsp3) is 0.308.